The molecule has 1 aliphatic heterocycles. The van der Waals surface area contributed by atoms with Crippen LogP contribution >= 0.6 is 23.4 Å². The van der Waals surface area contributed by atoms with Gasteiger partial charge in [0, 0.05) is 5.02 Å². The maximum absolute atomic E-state index is 12.0. The van der Waals surface area contributed by atoms with Crippen molar-refractivity contribution >= 4 is 52.2 Å². The number of aliphatic imine (C=N–C) groups is 1. The monoisotopic (exact) mass is 358 g/mol. The molecule has 0 aromatic heterocycles. The van der Waals surface area contributed by atoms with Gasteiger partial charge in [0.1, 0.15) is 0 Å². The number of carbonyl (C=O) groups is 2. The summed E-state index contributed by atoms with van der Waals surface area (Å²) in [6.45, 7) is 0. The average molecular weight is 359 g/mol. The minimum absolute atomic E-state index is 0.137. The number of nitrogens with zero attached hydrogens (tertiary/aromatic N) is 1. The Morgan fingerprint density at radius 3 is 2.75 bits per heavy atom. The molecule has 0 bridgehead atoms. The molecule has 0 aliphatic carbocycles. The Balaban J connectivity index is 1.86. The van der Waals surface area contributed by atoms with E-state index in [1.165, 1.54) is 23.9 Å². The zero-order valence-corrected chi connectivity index (χ0v) is 13.8. The number of thioether (sulfide) groups is 1. The van der Waals surface area contributed by atoms with E-state index >= 15 is 0 Å². The van der Waals surface area contributed by atoms with E-state index in [1.807, 2.05) is 18.2 Å². The Hall–Kier alpha value is -2.57. The van der Waals surface area contributed by atoms with E-state index in [0.717, 1.165) is 5.56 Å². The van der Waals surface area contributed by atoms with Gasteiger partial charge in [0.05, 0.1) is 16.2 Å². The van der Waals surface area contributed by atoms with E-state index in [0.29, 0.717) is 20.8 Å². The van der Waals surface area contributed by atoms with Crippen LogP contribution < -0.4 is 5.32 Å². The fourth-order valence-electron chi connectivity index (χ4n) is 2.04. The molecule has 5 nitrogen and oxygen atoms in total. The van der Waals surface area contributed by atoms with Gasteiger partial charge in [0.15, 0.2) is 5.17 Å². The molecule has 2 aromatic rings. The lowest BCUT2D eigenvalue weighted by Crippen LogP contribution is -2.19. The summed E-state index contributed by atoms with van der Waals surface area (Å²) in [5.41, 5.74) is 1.33. The van der Waals surface area contributed by atoms with Gasteiger partial charge in [-0.05, 0) is 47.7 Å². The lowest BCUT2D eigenvalue weighted by atomic mass is 10.2. The van der Waals surface area contributed by atoms with Crippen molar-refractivity contribution < 1.29 is 14.7 Å². The Morgan fingerprint density at radius 2 is 2.00 bits per heavy atom. The maximum atomic E-state index is 12.0. The van der Waals surface area contributed by atoms with Gasteiger partial charge in [0.2, 0.25) is 0 Å². The first-order valence-corrected chi connectivity index (χ1v) is 8.10. The quantitative estimate of drug-likeness (QED) is 0.815. The highest BCUT2D eigenvalue weighted by Crippen LogP contribution is 2.29. The summed E-state index contributed by atoms with van der Waals surface area (Å²) >= 11 is 7.27. The molecule has 2 aromatic carbocycles. The number of hydrogen-bond donors (Lipinski definition) is 2. The summed E-state index contributed by atoms with van der Waals surface area (Å²) in [7, 11) is 0. The summed E-state index contributed by atoms with van der Waals surface area (Å²) in [5.74, 6) is -1.30. The van der Waals surface area contributed by atoms with Crippen LogP contribution in [0.4, 0.5) is 5.69 Å². The van der Waals surface area contributed by atoms with Gasteiger partial charge in [-0.25, -0.2) is 9.79 Å². The standard InChI is InChI=1S/C17H11ClN2O3S/c18-13-7-2-1-4-10(13)9-14-15(21)20-17(24-14)19-12-6-3-5-11(8-12)16(22)23/h1-9H,(H,22,23)(H,19,20,21)/b14-9-. The number of amidine groups is 1. The summed E-state index contributed by atoms with van der Waals surface area (Å²) in [5, 5.41) is 12.6. The Labute approximate surface area is 147 Å². The van der Waals surface area contributed by atoms with Gasteiger partial charge in [-0.2, -0.15) is 0 Å². The SMILES string of the molecule is O=C1NC(=Nc2cccc(C(=O)O)c2)S/C1=C\c1ccccc1Cl. The predicted octanol–water partition coefficient (Wildman–Crippen LogP) is 3.93. The van der Waals surface area contributed by atoms with Crippen molar-refractivity contribution in [2.45, 2.75) is 0 Å². The number of benzene rings is 2. The highest BCUT2D eigenvalue weighted by atomic mass is 35.5. The minimum Gasteiger partial charge on any atom is -0.478 e. The molecule has 0 saturated carbocycles. The summed E-state index contributed by atoms with van der Waals surface area (Å²) in [6.07, 6.45) is 1.69. The van der Waals surface area contributed by atoms with Crippen LogP contribution in [0.1, 0.15) is 15.9 Å². The number of carboxylic acid groups (broad SMARTS) is 1. The second kappa shape index (κ2) is 6.90. The lowest BCUT2D eigenvalue weighted by molar-refractivity contribution is -0.115. The number of carboxylic acids is 1. The molecule has 1 amide bonds. The normalized spacial score (nSPS) is 17.3. The van der Waals surface area contributed by atoms with E-state index in [2.05, 4.69) is 10.3 Å². The molecular formula is C17H11ClN2O3S. The largest absolute Gasteiger partial charge is 0.478 e. The van der Waals surface area contributed by atoms with E-state index in [1.54, 1.807) is 24.3 Å². The molecule has 3 rings (SSSR count). The van der Waals surface area contributed by atoms with Crippen LogP contribution in [0.3, 0.4) is 0 Å². The number of hydrogen-bond acceptors (Lipinski definition) is 4. The first-order chi connectivity index (χ1) is 11.5. The average Bonchev–Trinajstić information content (AvgIpc) is 2.89. The first kappa shape index (κ1) is 16.3. The molecule has 0 radical (unpaired) electrons. The van der Waals surface area contributed by atoms with E-state index in [4.69, 9.17) is 16.7 Å². The number of aromatic carboxylic acids is 1. The molecule has 120 valence electrons. The summed E-state index contributed by atoms with van der Waals surface area (Å²) in [6, 6.07) is 13.4. The van der Waals surface area contributed by atoms with Gasteiger partial charge in [0.25, 0.3) is 5.91 Å². The number of rotatable bonds is 3. The Bertz CT molecular complexity index is 893. The number of nitrogens with one attached hydrogen (secondary N) is 1. The van der Waals surface area contributed by atoms with Gasteiger partial charge in [-0.3, -0.25) is 4.79 Å². The number of amides is 1. The Kier molecular flexibility index (Phi) is 4.69. The Morgan fingerprint density at radius 1 is 1.21 bits per heavy atom. The molecule has 0 unspecified atom stereocenters. The molecule has 1 saturated heterocycles. The molecule has 1 aliphatic rings. The van der Waals surface area contributed by atoms with Crippen molar-refractivity contribution in [1.29, 1.82) is 0 Å². The van der Waals surface area contributed by atoms with Crippen LogP contribution in [0.5, 0.6) is 0 Å². The predicted molar refractivity (Wildman–Crippen MR) is 95.7 cm³/mol. The molecule has 1 heterocycles. The van der Waals surface area contributed by atoms with Crippen LogP contribution in [-0.2, 0) is 4.79 Å². The van der Waals surface area contributed by atoms with Crippen LogP contribution in [0.2, 0.25) is 5.02 Å². The van der Waals surface area contributed by atoms with Crippen LogP contribution in [-0.4, -0.2) is 22.2 Å². The smallest absolute Gasteiger partial charge is 0.335 e. The maximum Gasteiger partial charge on any atom is 0.335 e. The van der Waals surface area contributed by atoms with Crippen molar-refractivity contribution in [2.24, 2.45) is 4.99 Å². The second-order valence-corrected chi connectivity index (χ2v) is 6.30. The van der Waals surface area contributed by atoms with E-state index < -0.39 is 5.97 Å². The number of halogens is 1. The van der Waals surface area contributed by atoms with Crippen LogP contribution in [0.15, 0.2) is 58.4 Å². The van der Waals surface area contributed by atoms with Crippen molar-refractivity contribution in [2.75, 3.05) is 0 Å². The zero-order chi connectivity index (χ0) is 17.1. The highest BCUT2D eigenvalue weighted by molar-refractivity contribution is 8.18. The molecule has 24 heavy (non-hydrogen) atoms. The third-order valence-electron chi connectivity index (χ3n) is 3.17. The molecule has 0 atom stereocenters. The molecule has 0 spiro atoms. The number of carbonyl (C=O) groups excluding carboxylic acids is 1. The van der Waals surface area contributed by atoms with Crippen molar-refractivity contribution in [3.63, 3.8) is 0 Å². The molecule has 1 fully saturated rings. The summed E-state index contributed by atoms with van der Waals surface area (Å²) < 4.78 is 0. The molecule has 2 N–H and O–H groups in total. The molecular weight excluding hydrogens is 348 g/mol. The van der Waals surface area contributed by atoms with Crippen molar-refractivity contribution in [1.82, 2.24) is 5.32 Å². The summed E-state index contributed by atoms with van der Waals surface area (Å²) in [4.78, 5) is 27.8. The van der Waals surface area contributed by atoms with Crippen molar-refractivity contribution in [3.8, 4) is 0 Å². The van der Waals surface area contributed by atoms with E-state index in [-0.39, 0.29) is 11.5 Å². The first-order valence-electron chi connectivity index (χ1n) is 6.90. The van der Waals surface area contributed by atoms with Gasteiger partial charge < -0.3 is 10.4 Å². The fourth-order valence-corrected chi connectivity index (χ4v) is 3.06. The van der Waals surface area contributed by atoms with Gasteiger partial charge in [-0.1, -0.05) is 35.9 Å². The van der Waals surface area contributed by atoms with Crippen molar-refractivity contribution in [3.05, 3.63) is 69.6 Å². The zero-order valence-electron chi connectivity index (χ0n) is 12.2. The topological polar surface area (TPSA) is 78.8 Å². The van der Waals surface area contributed by atoms with Crippen LogP contribution in [0, 0.1) is 0 Å². The highest BCUT2D eigenvalue weighted by Gasteiger charge is 2.24. The lowest BCUT2D eigenvalue weighted by Gasteiger charge is -1.98. The fraction of sp³-hybridized carbons (Fsp3) is 0. The van der Waals surface area contributed by atoms with E-state index in [9.17, 15) is 9.59 Å². The van der Waals surface area contributed by atoms with Gasteiger partial charge in [-0.15, -0.1) is 0 Å². The third kappa shape index (κ3) is 3.67. The van der Waals surface area contributed by atoms with Crippen LogP contribution in [0.25, 0.3) is 6.08 Å². The second-order valence-electron chi connectivity index (χ2n) is 4.86. The van der Waals surface area contributed by atoms with Gasteiger partial charge >= 0.3 is 5.97 Å². The third-order valence-corrected chi connectivity index (χ3v) is 4.42. The molecule has 7 heteroatoms. The minimum atomic E-state index is -1.03.